The van der Waals surface area contributed by atoms with E-state index in [4.69, 9.17) is 0 Å². The van der Waals surface area contributed by atoms with E-state index in [0.29, 0.717) is 19.5 Å². The van der Waals surface area contributed by atoms with E-state index in [-0.39, 0.29) is 10.9 Å². The first-order valence-corrected chi connectivity index (χ1v) is 6.14. The Kier molecular flexibility index (Phi) is 4.08. The zero-order valence-electron chi connectivity index (χ0n) is 10.9. The van der Waals surface area contributed by atoms with Crippen LogP contribution in [-0.2, 0) is 12.7 Å². The normalized spacial score (nSPS) is 12.0. The number of nitrogens with one attached hydrogen (secondary N) is 1. The molecule has 2 aromatic rings. The first-order valence-electron chi connectivity index (χ1n) is 6.14. The first kappa shape index (κ1) is 14.5. The largest absolute Gasteiger partial charge is 0.416 e. The molecule has 108 valence electrons. The minimum Gasteiger partial charge on any atom is -0.320 e. The number of halogens is 3. The molecule has 1 N–H and O–H groups in total. The molecule has 0 aliphatic carbocycles. The van der Waals surface area contributed by atoms with Crippen molar-refractivity contribution in [3.05, 3.63) is 40.4 Å². The summed E-state index contributed by atoms with van der Waals surface area (Å²) in [5, 5.41) is 2.93. The fourth-order valence-electron chi connectivity index (χ4n) is 1.92. The van der Waals surface area contributed by atoms with Gasteiger partial charge in [0, 0.05) is 6.54 Å². The maximum absolute atomic E-state index is 12.7. The average Bonchev–Trinajstić information content (AvgIpc) is 2.40. The van der Waals surface area contributed by atoms with E-state index in [9.17, 15) is 18.0 Å². The number of aromatic nitrogens is 2. The Balaban J connectivity index is 2.45. The molecule has 0 fully saturated rings. The van der Waals surface area contributed by atoms with Crippen molar-refractivity contribution in [2.24, 2.45) is 0 Å². The van der Waals surface area contributed by atoms with Crippen LogP contribution in [0.15, 0.2) is 29.3 Å². The number of benzene rings is 1. The van der Waals surface area contributed by atoms with E-state index in [2.05, 4.69) is 10.3 Å². The van der Waals surface area contributed by atoms with E-state index < -0.39 is 17.3 Å². The molecule has 1 aromatic heterocycles. The van der Waals surface area contributed by atoms with Gasteiger partial charge in [0.1, 0.15) is 0 Å². The third-order valence-electron chi connectivity index (χ3n) is 2.98. The molecule has 0 aliphatic rings. The monoisotopic (exact) mass is 285 g/mol. The summed E-state index contributed by atoms with van der Waals surface area (Å²) in [5.41, 5.74) is -1.01. The minimum absolute atomic E-state index is 0.00761. The van der Waals surface area contributed by atoms with Crippen LogP contribution in [-0.4, -0.2) is 23.1 Å². The average molecular weight is 285 g/mol. The highest BCUT2D eigenvalue weighted by Crippen LogP contribution is 2.30. The maximum Gasteiger partial charge on any atom is 0.416 e. The molecule has 0 saturated heterocycles. The molecule has 1 aromatic carbocycles. The van der Waals surface area contributed by atoms with Crippen LogP contribution in [0, 0.1) is 0 Å². The van der Waals surface area contributed by atoms with Gasteiger partial charge in [0.2, 0.25) is 0 Å². The molecule has 0 amide bonds. The smallest absolute Gasteiger partial charge is 0.320 e. The maximum atomic E-state index is 12.7. The topological polar surface area (TPSA) is 46.9 Å². The molecule has 0 aliphatic heterocycles. The fourth-order valence-corrected chi connectivity index (χ4v) is 1.92. The molecule has 1 heterocycles. The van der Waals surface area contributed by atoms with E-state index in [1.165, 1.54) is 17.0 Å². The summed E-state index contributed by atoms with van der Waals surface area (Å²) in [4.78, 5) is 16.2. The third kappa shape index (κ3) is 2.98. The molecule has 2 rings (SSSR count). The van der Waals surface area contributed by atoms with E-state index in [1.54, 1.807) is 7.05 Å². The van der Waals surface area contributed by atoms with Gasteiger partial charge in [0.25, 0.3) is 5.56 Å². The Hall–Kier alpha value is -1.89. The van der Waals surface area contributed by atoms with Gasteiger partial charge in [-0.25, -0.2) is 4.98 Å². The Bertz CT molecular complexity index is 664. The highest BCUT2D eigenvalue weighted by Gasteiger charge is 2.30. The number of rotatable bonds is 4. The van der Waals surface area contributed by atoms with Crippen molar-refractivity contribution in [1.29, 1.82) is 0 Å². The second-order valence-corrected chi connectivity index (χ2v) is 4.43. The van der Waals surface area contributed by atoms with Crippen LogP contribution in [0.25, 0.3) is 10.9 Å². The number of aryl methyl sites for hydroxylation is 1. The summed E-state index contributed by atoms with van der Waals surface area (Å²) in [7, 11) is 1.79. The molecule has 0 spiro atoms. The summed E-state index contributed by atoms with van der Waals surface area (Å²) >= 11 is 0. The summed E-state index contributed by atoms with van der Waals surface area (Å²) in [6, 6.07) is 3.01. The van der Waals surface area contributed by atoms with Gasteiger partial charge in [-0.05, 0) is 38.2 Å². The number of alkyl halides is 3. The number of hydrogen-bond donors (Lipinski definition) is 1. The predicted molar refractivity (Wildman–Crippen MR) is 69.5 cm³/mol. The molecule has 4 nitrogen and oxygen atoms in total. The van der Waals surface area contributed by atoms with Crippen molar-refractivity contribution in [2.75, 3.05) is 13.6 Å². The number of nitrogens with zero attached hydrogens (tertiary/aromatic N) is 2. The molecule has 0 unspecified atom stereocenters. The van der Waals surface area contributed by atoms with Crippen molar-refractivity contribution >= 4 is 10.9 Å². The van der Waals surface area contributed by atoms with Crippen LogP contribution in [0.2, 0.25) is 0 Å². The second kappa shape index (κ2) is 5.62. The Morgan fingerprint density at radius 2 is 2.10 bits per heavy atom. The van der Waals surface area contributed by atoms with Crippen LogP contribution in [0.4, 0.5) is 13.2 Å². The second-order valence-electron chi connectivity index (χ2n) is 4.43. The summed E-state index contributed by atoms with van der Waals surface area (Å²) in [6.07, 6.45) is -2.40. The van der Waals surface area contributed by atoms with Crippen LogP contribution in [0.1, 0.15) is 12.0 Å². The summed E-state index contributed by atoms with van der Waals surface area (Å²) in [6.45, 7) is 1.13. The number of fused-ring (bicyclic) bond motifs is 1. The van der Waals surface area contributed by atoms with Gasteiger partial charge in [0.05, 0.1) is 22.8 Å². The quantitative estimate of drug-likeness (QED) is 0.874. The van der Waals surface area contributed by atoms with E-state index in [1.807, 2.05) is 0 Å². The predicted octanol–water partition coefficient (Wildman–Crippen LogP) is 2.02. The van der Waals surface area contributed by atoms with Crippen molar-refractivity contribution in [3.8, 4) is 0 Å². The van der Waals surface area contributed by atoms with Gasteiger partial charge >= 0.3 is 6.18 Å². The zero-order valence-corrected chi connectivity index (χ0v) is 10.9. The van der Waals surface area contributed by atoms with Gasteiger partial charge < -0.3 is 5.32 Å². The highest BCUT2D eigenvalue weighted by molar-refractivity contribution is 5.78. The van der Waals surface area contributed by atoms with Crippen molar-refractivity contribution in [2.45, 2.75) is 19.1 Å². The van der Waals surface area contributed by atoms with Crippen LogP contribution < -0.4 is 10.9 Å². The number of hydrogen-bond acceptors (Lipinski definition) is 3. The lowest BCUT2D eigenvalue weighted by Gasteiger charge is -2.09. The molecule has 0 bridgehead atoms. The Morgan fingerprint density at radius 3 is 2.75 bits per heavy atom. The molecule has 0 radical (unpaired) electrons. The van der Waals surface area contributed by atoms with Gasteiger partial charge in [-0.1, -0.05) is 0 Å². The van der Waals surface area contributed by atoms with Crippen LogP contribution >= 0.6 is 0 Å². The molecule has 20 heavy (non-hydrogen) atoms. The van der Waals surface area contributed by atoms with Gasteiger partial charge in [0.15, 0.2) is 0 Å². The van der Waals surface area contributed by atoms with Crippen molar-refractivity contribution < 1.29 is 13.2 Å². The standard InChI is InChI=1S/C13H14F3N3O/c1-17-5-2-6-19-8-18-11-4-3-9(13(14,15)16)7-10(11)12(19)20/h3-4,7-8,17H,2,5-6H2,1H3. The van der Waals surface area contributed by atoms with E-state index >= 15 is 0 Å². The lowest BCUT2D eigenvalue weighted by molar-refractivity contribution is -0.137. The van der Waals surface area contributed by atoms with Crippen LogP contribution in [0.3, 0.4) is 0 Å². The molecule has 0 atom stereocenters. The van der Waals surface area contributed by atoms with Crippen molar-refractivity contribution in [1.82, 2.24) is 14.9 Å². The minimum atomic E-state index is -4.46. The van der Waals surface area contributed by atoms with Crippen molar-refractivity contribution in [3.63, 3.8) is 0 Å². The molecule has 0 saturated carbocycles. The SMILES string of the molecule is CNCCCn1cnc2ccc(C(F)(F)F)cc2c1=O. The van der Waals surface area contributed by atoms with Gasteiger partial charge in [-0.15, -0.1) is 0 Å². The lowest BCUT2D eigenvalue weighted by Crippen LogP contribution is -2.23. The van der Waals surface area contributed by atoms with Crippen LogP contribution in [0.5, 0.6) is 0 Å². The third-order valence-corrected chi connectivity index (χ3v) is 2.98. The fraction of sp³-hybridized carbons (Fsp3) is 0.385. The van der Waals surface area contributed by atoms with Gasteiger partial charge in [-0.2, -0.15) is 13.2 Å². The molecular formula is C13H14F3N3O. The summed E-state index contributed by atoms with van der Waals surface area (Å²) < 4.78 is 39.3. The molecule has 7 heteroatoms. The lowest BCUT2D eigenvalue weighted by atomic mass is 10.1. The Morgan fingerprint density at radius 1 is 1.35 bits per heavy atom. The highest BCUT2D eigenvalue weighted by atomic mass is 19.4. The molecular weight excluding hydrogens is 271 g/mol. The zero-order chi connectivity index (χ0) is 14.8. The Labute approximate surface area is 113 Å². The van der Waals surface area contributed by atoms with Gasteiger partial charge in [-0.3, -0.25) is 9.36 Å². The van der Waals surface area contributed by atoms with E-state index in [0.717, 1.165) is 12.1 Å². The summed E-state index contributed by atoms with van der Waals surface area (Å²) in [5.74, 6) is 0. The first-order chi connectivity index (χ1) is 9.43.